The quantitative estimate of drug-likeness (QED) is 0.815. The van der Waals surface area contributed by atoms with Crippen molar-refractivity contribution in [2.75, 3.05) is 6.54 Å². The fourth-order valence-electron chi connectivity index (χ4n) is 3.17. The number of aliphatic imine (C=N–C) groups is 1. The van der Waals surface area contributed by atoms with Crippen LogP contribution in [-0.4, -0.2) is 23.3 Å². The van der Waals surface area contributed by atoms with E-state index in [9.17, 15) is 9.18 Å². The first-order valence-electron chi connectivity index (χ1n) is 8.60. The number of aliphatic carboxylic acids is 1. The lowest BCUT2D eigenvalue weighted by Crippen LogP contribution is -2.10. The Hall–Kier alpha value is -1.97. The Morgan fingerprint density at radius 1 is 1.42 bits per heavy atom. The third-order valence-electron chi connectivity index (χ3n) is 4.41. The van der Waals surface area contributed by atoms with Gasteiger partial charge in [-0.05, 0) is 67.9 Å². The molecule has 0 bridgehead atoms. The Bertz CT molecular complexity index is 662. The second-order valence-corrected chi connectivity index (χ2v) is 6.97. The standard InChI is InChI=1S/C20H26FNO2/c1-13(2)10-17-12-19(16-4-6-18(21)14(3)11-16)22-9-8-15(17)5-7-20(23)24/h4,6,11-13,15H,5,7-10H2,1-3H3,(H,23,24)/t15-/m1/s1. The molecule has 1 aliphatic rings. The number of carbonyl (C=O) groups is 1. The van der Waals surface area contributed by atoms with Crippen LogP contribution in [0.15, 0.2) is 34.8 Å². The molecule has 1 aromatic rings. The molecule has 0 aromatic heterocycles. The molecule has 1 aliphatic heterocycles. The van der Waals surface area contributed by atoms with Gasteiger partial charge in [0.15, 0.2) is 0 Å². The maximum Gasteiger partial charge on any atom is 0.303 e. The summed E-state index contributed by atoms with van der Waals surface area (Å²) in [5.41, 5.74) is 3.69. The van der Waals surface area contributed by atoms with E-state index in [0.717, 1.165) is 24.1 Å². The third kappa shape index (κ3) is 5.02. The van der Waals surface area contributed by atoms with Crippen molar-refractivity contribution in [3.05, 3.63) is 46.8 Å². The van der Waals surface area contributed by atoms with Crippen molar-refractivity contribution in [2.24, 2.45) is 16.8 Å². The van der Waals surface area contributed by atoms with E-state index in [2.05, 4.69) is 24.9 Å². The Morgan fingerprint density at radius 2 is 2.17 bits per heavy atom. The van der Waals surface area contributed by atoms with Gasteiger partial charge in [0.1, 0.15) is 5.82 Å². The van der Waals surface area contributed by atoms with Gasteiger partial charge in [0.25, 0.3) is 0 Å². The number of carboxylic acids is 1. The Morgan fingerprint density at radius 3 is 2.79 bits per heavy atom. The van der Waals surface area contributed by atoms with Gasteiger partial charge in [-0.25, -0.2) is 4.39 Å². The van der Waals surface area contributed by atoms with Gasteiger partial charge in [-0.15, -0.1) is 0 Å². The van der Waals surface area contributed by atoms with Gasteiger partial charge in [0.05, 0.1) is 5.71 Å². The average Bonchev–Trinajstić information content (AvgIpc) is 2.70. The highest BCUT2D eigenvalue weighted by Gasteiger charge is 2.20. The van der Waals surface area contributed by atoms with Crippen LogP contribution < -0.4 is 0 Å². The molecule has 1 heterocycles. The van der Waals surface area contributed by atoms with Crippen LogP contribution >= 0.6 is 0 Å². The van der Waals surface area contributed by atoms with Crippen molar-refractivity contribution in [3.63, 3.8) is 0 Å². The van der Waals surface area contributed by atoms with Gasteiger partial charge in [-0.1, -0.05) is 19.4 Å². The van der Waals surface area contributed by atoms with Crippen LogP contribution in [-0.2, 0) is 4.79 Å². The number of benzene rings is 1. The van der Waals surface area contributed by atoms with Gasteiger partial charge < -0.3 is 5.11 Å². The predicted molar refractivity (Wildman–Crippen MR) is 95.1 cm³/mol. The second kappa shape index (κ2) is 8.22. The molecule has 0 saturated heterocycles. The van der Waals surface area contributed by atoms with Crippen molar-refractivity contribution in [2.45, 2.75) is 46.5 Å². The van der Waals surface area contributed by atoms with Crippen LogP contribution in [0.5, 0.6) is 0 Å². The normalized spacial score (nSPS) is 18.1. The minimum atomic E-state index is -0.751. The number of hydrogen-bond donors (Lipinski definition) is 1. The molecule has 130 valence electrons. The van der Waals surface area contributed by atoms with Gasteiger partial charge in [-0.2, -0.15) is 0 Å². The molecule has 1 atom stereocenters. The zero-order valence-electron chi connectivity index (χ0n) is 14.7. The van der Waals surface area contributed by atoms with E-state index in [0.29, 0.717) is 24.4 Å². The first-order valence-corrected chi connectivity index (χ1v) is 8.60. The molecule has 3 nitrogen and oxygen atoms in total. The van der Waals surface area contributed by atoms with E-state index in [4.69, 9.17) is 5.11 Å². The van der Waals surface area contributed by atoms with E-state index in [-0.39, 0.29) is 18.2 Å². The largest absolute Gasteiger partial charge is 0.481 e. The molecular weight excluding hydrogens is 305 g/mol. The summed E-state index contributed by atoms with van der Waals surface area (Å²) in [6.07, 6.45) is 4.75. The number of halogens is 1. The first kappa shape index (κ1) is 18.4. The topological polar surface area (TPSA) is 49.7 Å². The summed E-state index contributed by atoms with van der Waals surface area (Å²) in [5, 5.41) is 8.99. The maximum atomic E-state index is 13.5. The Balaban J connectivity index is 2.30. The van der Waals surface area contributed by atoms with Crippen molar-refractivity contribution < 1.29 is 14.3 Å². The molecule has 0 radical (unpaired) electrons. The highest BCUT2D eigenvalue weighted by atomic mass is 19.1. The fraction of sp³-hybridized carbons (Fsp3) is 0.500. The second-order valence-electron chi connectivity index (χ2n) is 6.97. The smallest absolute Gasteiger partial charge is 0.303 e. The van der Waals surface area contributed by atoms with E-state index in [1.807, 2.05) is 6.07 Å². The maximum absolute atomic E-state index is 13.5. The van der Waals surface area contributed by atoms with Crippen LogP contribution in [0, 0.1) is 24.6 Å². The molecule has 1 aromatic carbocycles. The van der Waals surface area contributed by atoms with E-state index in [1.54, 1.807) is 13.0 Å². The monoisotopic (exact) mass is 331 g/mol. The molecule has 0 spiro atoms. The molecule has 0 amide bonds. The lowest BCUT2D eigenvalue weighted by atomic mass is 9.85. The minimum Gasteiger partial charge on any atom is -0.481 e. The zero-order valence-corrected chi connectivity index (χ0v) is 14.7. The van der Waals surface area contributed by atoms with E-state index < -0.39 is 5.97 Å². The zero-order chi connectivity index (χ0) is 17.7. The molecule has 0 fully saturated rings. The predicted octanol–water partition coefficient (Wildman–Crippen LogP) is 4.78. The summed E-state index contributed by atoms with van der Waals surface area (Å²) in [6.45, 7) is 6.76. The van der Waals surface area contributed by atoms with Gasteiger partial charge in [0.2, 0.25) is 0 Å². The van der Waals surface area contributed by atoms with Crippen molar-refractivity contribution in [3.8, 4) is 0 Å². The van der Waals surface area contributed by atoms with E-state index >= 15 is 0 Å². The number of rotatable bonds is 6. The van der Waals surface area contributed by atoms with Crippen LogP contribution in [0.4, 0.5) is 4.39 Å². The van der Waals surface area contributed by atoms with Crippen LogP contribution in [0.1, 0.15) is 50.7 Å². The minimum absolute atomic E-state index is 0.186. The van der Waals surface area contributed by atoms with Gasteiger partial charge in [0, 0.05) is 18.5 Å². The number of carboxylic acid groups (broad SMARTS) is 1. The first-order chi connectivity index (χ1) is 11.4. The highest BCUT2D eigenvalue weighted by Crippen LogP contribution is 2.29. The van der Waals surface area contributed by atoms with Crippen molar-refractivity contribution >= 4 is 11.7 Å². The van der Waals surface area contributed by atoms with Crippen molar-refractivity contribution in [1.82, 2.24) is 0 Å². The van der Waals surface area contributed by atoms with Gasteiger partial charge in [-0.3, -0.25) is 9.79 Å². The number of hydrogen-bond acceptors (Lipinski definition) is 2. The molecule has 0 unspecified atom stereocenters. The van der Waals surface area contributed by atoms with Gasteiger partial charge >= 0.3 is 5.97 Å². The third-order valence-corrected chi connectivity index (χ3v) is 4.41. The summed E-state index contributed by atoms with van der Waals surface area (Å²) in [6, 6.07) is 5.08. The molecule has 0 aliphatic carbocycles. The molecule has 4 heteroatoms. The van der Waals surface area contributed by atoms with Crippen LogP contribution in [0.2, 0.25) is 0 Å². The molecular formula is C20H26FNO2. The van der Waals surface area contributed by atoms with Crippen LogP contribution in [0.25, 0.3) is 0 Å². The summed E-state index contributed by atoms with van der Waals surface area (Å²) in [4.78, 5) is 15.6. The Kier molecular flexibility index (Phi) is 6.29. The number of allylic oxidation sites excluding steroid dienone is 2. The number of nitrogens with zero attached hydrogens (tertiary/aromatic N) is 1. The fourth-order valence-corrected chi connectivity index (χ4v) is 3.17. The molecule has 0 saturated carbocycles. The Labute approximate surface area is 143 Å². The lowest BCUT2D eigenvalue weighted by Gasteiger charge is -2.19. The number of aryl methyl sites for hydroxylation is 1. The summed E-state index contributed by atoms with van der Waals surface area (Å²) in [7, 11) is 0. The van der Waals surface area contributed by atoms with Crippen molar-refractivity contribution in [1.29, 1.82) is 0 Å². The highest BCUT2D eigenvalue weighted by molar-refractivity contribution is 6.09. The SMILES string of the molecule is Cc1cc(C2=NCC[C@@H](CCC(=O)O)C(CC(C)C)=C2)ccc1F. The average molecular weight is 331 g/mol. The summed E-state index contributed by atoms with van der Waals surface area (Å²) >= 11 is 0. The lowest BCUT2D eigenvalue weighted by molar-refractivity contribution is -0.137. The van der Waals surface area contributed by atoms with E-state index in [1.165, 1.54) is 11.6 Å². The summed E-state index contributed by atoms with van der Waals surface area (Å²) < 4.78 is 13.5. The molecule has 2 rings (SSSR count). The molecule has 1 N–H and O–H groups in total. The molecule has 24 heavy (non-hydrogen) atoms. The summed E-state index contributed by atoms with van der Waals surface area (Å²) in [5.74, 6) is -0.207. The van der Waals surface area contributed by atoms with Crippen LogP contribution in [0.3, 0.4) is 0 Å².